The van der Waals surface area contributed by atoms with Crippen molar-refractivity contribution in [1.82, 2.24) is 9.88 Å². The average Bonchev–Trinajstić information content (AvgIpc) is 3.08. The van der Waals surface area contributed by atoms with Crippen LogP contribution in [0.15, 0.2) is 72.6 Å². The van der Waals surface area contributed by atoms with E-state index in [1.807, 2.05) is 6.92 Å². The summed E-state index contributed by atoms with van der Waals surface area (Å²) in [5.74, 6) is -1.95. The lowest BCUT2D eigenvalue weighted by Crippen LogP contribution is -2.29. The van der Waals surface area contributed by atoms with Crippen molar-refractivity contribution in [1.29, 1.82) is 0 Å². The number of carbonyl (C=O) groups is 2. The number of hydrogen-bond acceptors (Lipinski definition) is 5. The third-order valence-electron chi connectivity index (χ3n) is 5.74. The van der Waals surface area contributed by atoms with Gasteiger partial charge in [0.25, 0.3) is 11.7 Å². The topological polar surface area (TPSA) is 79.7 Å². The average molecular weight is 461 g/mol. The van der Waals surface area contributed by atoms with Gasteiger partial charge in [-0.3, -0.25) is 14.6 Å². The predicted molar refractivity (Wildman–Crippen MR) is 125 cm³/mol. The number of aromatic nitrogens is 1. The number of aliphatic hydroxyl groups is 1. The van der Waals surface area contributed by atoms with Crippen molar-refractivity contribution >= 4 is 17.4 Å². The highest BCUT2D eigenvalue weighted by Crippen LogP contribution is 2.41. The summed E-state index contributed by atoms with van der Waals surface area (Å²) < 4.78 is 20.6. The Balaban J connectivity index is 1.84. The van der Waals surface area contributed by atoms with Gasteiger partial charge in [0.2, 0.25) is 0 Å². The zero-order valence-corrected chi connectivity index (χ0v) is 19.0. The Labute approximate surface area is 197 Å². The summed E-state index contributed by atoms with van der Waals surface area (Å²) in [6.07, 6.45) is 4.03. The fourth-order valence-electron chi connectivity index (χ4n) is 4.11. The zero-order chi connectivity index (χ0) is 24.2. The first-order valence-electron chi connectivity index (χ1n) is 11.1. The number of likely N-dealkylation sites (tertiary alicyclic amines) is 1. The summed E-state index contributed by atoms with van der Waals surface area (Å²) in [5, 5.41) is 11.3. The first kappa shape index (κ1) is 23.2. The van der Waals surface area contributed by atoms with Crippen LogP contribution in [-0.4, -0.2) is 33.3 Å². The van der Waals surface area contributed by atoms with Crippen LogP contribution in [0.25, 0.3) is 5.76 Å². The third-order valence-corrected chi connectivity index (χ3v) is 5.74. The molecule has 0 spiro atoms. The lowest BCUT2D eigenvalue weighted by molar-refractivity contribution is -0.140. The van der Waals surface area contributed by atoms with Crippen LogP contribution in [0.3, 0.4) is 0 Å². The lowest BCUT2D eigenvalue weighted by atomic mass is 9.93. The summed E-state index contributed by atoms with van der Waals surface area (Å²) in [5.41, 5.74) is 1.71. The largest absolute Gasteiger partial charge is 0.507 e. The molecule has 1 aromatic heterocycles. The number of Topliss-reactive ketones (excluding diaryl/α,β-unsaturated/α-hetero) is 1. The minimum Gasteiger partial charge on any atom is -0.507 e. The van der Waals surface area contributed by atoms with Crippen molar-refractivity contribution < 1.29 is 23.8 Å². The van der Waals surface area contributed by atoms with Gasteiger partial charge in [-0.2, -0.15) is 0 Å². The molecule has 0 bridgehead atoms. The number of nitrogens with zero attached hydrogens (tertiary/aromatic N) is 2. The van der Waals surface area contributed by atoms with E-state index in [0.29, 0.717) is 29.0 Å². The van der Waals surface area contributed by atoms with E-state index >= 15 is 0 Å². The molecule has 1 unspecified atom stereocenters. The molecule has 1 N–H and O–H groups in total. The minimum atomic E-state index is -1.09. The second kappa shape index (κ2) is 9.87. The molecule has 0 radical (unpaired) electrons. The molecule has 7 heteroatoms. The summed E-state index contributed by atoms with van der Waals surface area (Å²) in [7, 11) is 0. The summed E-state index contributed by atoms with van der Waals surface area (Å²) in [4.78, 5) is 31.6. The van der Waals surface area contributed by atoms with Crippen molar-refractivity contribution in [3.05, 3.63) is 101 Å². The van der Waals surface area contributed by atoms with E-state index in [1.165, 1.54) is 23.1 Å². The summed E-state index contributed by atoms with van der Waals surface area (Å²) in [6, 6.07) is 13.4. The fourth-order valence-corrected chi connectivity index (χ4v) is 4.11. The highest BCUT2D eigenvalue weighted by Gasteiger charge is 2.47. The minimum absolute atomic E-state index is 0.0387. The zero-order valence-electron chi connectivity index (χ0n) is 19.0. The Morgan fingerprint density at radius 1 is 1.15 bits per heavy atom. The summed E-state index contributed by atoms with van der Waals surface area (Å²) >= 11 is 0. The summed E-state index contributed by atoms with van der Waals surface area (Å²) in [6.45, 7) is 4.37. The Kier molecular flexibility index (Phi) is 6.72. The van der Waals surface area contributed by atoms with Crippen molar-refractivity contribution in [2.75, 3.05) is 6.61 Å². The molecule has 1 aliphatic heterocycles. The standard InChI is InChI=1S/C27H25FN2O4/c1-3-13-34-19-10-11-20(17(2)14-19)25(31)23-24(21-8-4-5-9-22(21)28)30(27(33)26(23)32)16-18-7-6-12-29-15-18/h4-12,14-15,24,31H,3,13,16H2,1-2H3. The molecule has 4 rings (SSSR count). The SMILES string of the molecule is CCCOc1ccc(C(O)=C2C(=O)C(=O)N(Cc3cccnc3)C2c2ccccc2F)c(C)c1. The van der Waals surface area contributed by atoms with Crippen LogP contribution in [0, 0.1) is 12.7 Å². The van der Waals surface area contributed by atoms with Crippen LogP contribution < -0.4 is 4.74 Å². The van der Waals surface area contributed by atoms with Gasteiger partial charge in [-0.1, -0.05) is 31.2 Å². The van der Waals surface area contributed by atoms with Gasteiger partial charge in [0.15, 0.2) is 0 Å². The van der Waals surface area contributed by atoms with Gasteiger partial charge in [-0.05, 0) is 54.8 Å². The number of carbonyl (C=O) groups excluding carboxylic acids is 2. The Morgan fingerprint density at radius 2 is 1.94 bits per heavy atom. The van der Waals surface area contributed by atoms with Gasteiger partial charge < -0.3 is 14.7 Å². The molecule has 6 nitrogen and oxygen atoms in total. The molecule has 2 aromatic carbocycles. The molecule has 2 heterocycles. The van der Waals surface area contributed by atoms with Crippen molar-refractivity contribution in [3.8, 4) is 5.75 Å². The van der Waals surface area contributed by atoms with Gasteiger partial charge >= 0.3 is 0 Å². The number of aryl methyl sites for hydroxylation is 1. The first-order chi connectivity index (χ1) is 16.4. The quantitative estimate of drug-likeness (QED) is 0.307. The Hall–Kier alpha value is -4.00. The number of amides is 1. The van der Waals surface area contributed by atoms with E-state index < -0.39 is 23.5 Å². The molecular formula is C27H25FN2O4. The fraction of sp³-hybridized carbons (Fsp3) is 0.222. The molecule has 1 fully saturated rings. The van der Waals surface area contributed by atoms with E-state index in [1.54, 1.807) is 55.7 Å². The molecule has 1 saturated heterocycles. The number of halogens is 1. The van der Waals surface area contributed by atoms with E-state index in [0.717, 1.165) is 6.42 Å². The predicted octanol–water partition coefficient (Wildman–Crippen LogP) is 4.94. The third kappa shape index (κ3) is 4.41. The number of ketones is 1. The molecule has 1 amide bonds. The molecule has 0 saturated carbocycles. The second-order valence-electron chi connectivity index (χ2n) is 8.13. The van der Waals surface area contributed by atoms with E-state index in [-0.39, 0.29) is 23.4 Å². The molecule has 0 aliphatic carbocycles. The highest BCUT2D eigenvalue weighted by molar-refractivity contribution is 6.46. The van der Waals surface area contributed by atoms with Crippen LogP contribution in [-0.2, 0) is 16.1 Å². The molecule has 34 heavy (non-hydrogen) atoms. The maximum Gasteiger partial charge on any atom is 0.295 e. The maximum absolute atomic E-state index is 14.9. The molecule has 1 aliphatic rings. The van der Waals surface area contributed by atoms with E-state index in [9.17, 15) is 19.1 Å². The number of benzene rings is 2. The number of pyridine rings is 1. The van der Waals surface area contributed by atoms with Crippen LogP contribution in [0.5, 0.6) is 5.75 Å². The van der Waals surface area contributed by atoms with Crippen LogP contribution in [0.2, 0.25) is 0 Å². The number of ether oxygens (including phenoxy) is 1. The Bertz CT molecular complexity index is 1260. The van der Waals surface area contributed by atoms with Crippen LogP contribution >= 0.6 is 0 Å². The first-order valence-corrected chi connectivity index (χ1v) is 11.1. The van der Waals surface area contributed by atoms with Crippen LogP contribution in [0.1, 0.15) is 41.6 Å². The van der Waals surface area contributed by atoms with Gasteiger partial charge in [-0.25, -0.2) is 4.39 Å². The maximum atomic E-state index is 14.9. The number of aliphatic hydroxyl groups excluding tert-OH is 1. The molecule has 1 atom stereocenters. The van der Waals surface area contributed by atoms with E-state index in [4.69, 9.17) is 4.74 Å². The van der Waals surface area contributed by atoms with Gasteiger partial charge in [0, 0.05) is 30.1 Å². The van der Waals surface area contributed by atoms with Gasteiger partial charge in [0.05, 0.1) is 18.2 Å². The van der Waals surface area contributed by atoms with Gasteiger partial charge in [-0.15, -0.1) is 0 Å². The Morgan fingerprint density at radius 3 is 2.62 bits per heavy atom. The van der Waals surface area contributed by atoms with Crippen molar-refractivity contribution in [2.45, 2.75) is 32.9 Å². The van der Waals surface area contributed by atoms with E-state index in [2.05, 4.69) is 4.98 Å². The van der Waals surface area contributed by atoms with Crippen molar-refractivity contribution in [2.24, 2.45) is 0 Å². The molecule has 3 aromatic rings. The smallest absolute Gasteiger partial charge is 0.295 e. The van der Waals surface area contributed by atoms with Crippen molar-refractivity contribution in [3.63, 3.8) is 0 Å². The second-order valence-corrected chi connectivity index (χ2v) is 8.13. The normalized spacial score (nSPS) is 17.3. The van der Waals surface area contributed by atoms with Gasteiger partial charge in [0.1, 0.15) is 17.3 Å². The monoisotopic (exact) mass is 460 g/mol. The molecule has 174 valence electrons. The molecular weight excluding hydrogens is 435 g/mol. The van der Waals surface area contributed by atoms with Crippen LogP contribution in [0.4, 0.5) is 4.39 Å². The highest BCUT2D eigenvalue weighted by atomic mass is 19.1. The lowest BCUT2D eigenvalue weighted by Gasteiger charge is -2.25. The number of hydrogen-bond donors (Lipinski definition) is 1. The number of rotatable bonds is 7.